The summed E-state index contributed by atoms with van der Waals surface area (Å²) in [6.07, 6.45) is 2.49. The highest BCUT2D eigenvalue weighted by atomic mass is 16.2. The third-order valence-corrected chi connectivity index (χ3v) is 4.78. The molecule has 0 unspecified atom stereocenters. The zero-order valence-corrected chi connectivity index (χ0v) is 15.0. The Morgan fingerprint density at radius 3 is 2.80 bits per heavy atom. The van der Waals surface area contributed by atoms with E-state index in [2.05, 4.69) is 26.1 Å². The average molecular weight is 340 g/mol. The molecule has 0 aromatic carbocycles. The predicted molar refractivity (Wildman–Crippen MR) is 96.9 cm³/mol. The topological polar surface area (TPSA) is 66.3 Å². The van der Waals surface area contributed by atoms with Crippen LogP contribution in [0.15, 0.2) is 18.2 Å². The number of pyridine rings is 1. The molecule has 7 heteroatoms. The van der Waals surface area contributed by atoms with Crippen molar-refractivity contribution >= 4 is 17.5 Å². The van der Waals surface area contributed by atoms with E-state index in [1.165, 1.54) is 18.5 Å². The molecule has 1 aliphatic carbocycles. The van der Waals surface area contributed by atoms with Crippen molar-refractivity contribution in [3.8, 4) is 0 Å². The van der Waals surface area contributed by atoms with Crippen LogP contribution in [-0.2, 0) is 13.1 Å². The largest absolute Gasteiger partial charge is 0.361 e. The molecule has 1 fully saturated rings. The lowest BCUT2D eigenvalue weighted by Crippen LogP contribution is -2.41. The number of hydrogen-bond acceptors (Lipinski definition) is 4. The number of carbonyl (C=O) groups is 1. The minimum absolute atomic E-state index is 0.0887. The van der Waals surface area contributed by atoms with Crippen molar-refractivity contribution in [3.05, 3.63) is 35.3 Å². The standard InChI is InChI=1S/C18H24N6O/c1-12-4-7-15(17(19-12)22(2)3)20-18(25)23-8-9-24-14(11-23)10-16(21-24)13-5-6-13/h4,7,10,13H,5-6,8-9,11H2,1-3H3,(H,20,25). The molecular weight excluding hydrogens is 316 g/mol. The second kappa shape index (κ2) is 6.06. The molecule has 2 aromatic heterocycles. The molecule has 0 atom stereocenters. The number of urea groups is 1. The van der Waals surface area contributed by atoms with Crippen LogP contribution in [0.1, 0.15) is 35.8 Å². The number of nitrogens with one attached hydrogen (secondary N) is 1. The van der Waals surface area contributed by atoms with Crippen molar-refractivity contribution in [1.82, 2.24) is 19.7 Å². The molecule has 0 bridgehead atoms. The normalized spacial score (nSPS) is 16.5. The van der Waals surface area contributed by atoms with Gasteiger partial charge in [0.2, 0.25) is 0 Å². The zero-order chi connectivity index (χ0) is 17.6. The fraction of sp³-hybridized carbons (Fsp3) is 0.500. The molecule has 0 spiro atoms. The Hall–Kier alpha value is -2.57. The highest BCUT2D eigenvalue weighted by Gasteiger charge is 2.29. The fourth-order valence-electron chi connectivity index (χ4n) is 3.22. The van der Waals surface area contributed by atoms with E-state index in [0.717, 1.165) is 29.4 Å². The summed E-state index contributed by atoms with van der Waals surface area (Å²) in [5.41, 5.74) is 3.97. The molecule has 1 saturated carbocycles. The first kappa shape index (κ1) is 15.9. The van der Waals surface area contributed by atoms with Gasteiger partial charge < -0.3 is 15.1 Å². The molecule has 1 aliphatic heterocycles. The van der Waals surface area contributed by atoms with E-state index in [1.807, 2.05) is 43.0 Å². The van der Waals surface area contributed by atoms with Gasteiger partial charge in [-0.05, 0) is 38.0 Å². The lowest BCUT2D eigenvalue weighted by atomic mass is 10.2. The van der Waals surface area contributed by atoms with E-state index in [9.17, 15) is 4.79 Å². The molecule has 4 rings (SSSR count). The monoisotopic (exact) mass is 340 g/mol. The number of rotatable bonds is 3. The maximum atomic E-state index is 12.7. The van der Waals surface area contributed by atoms with E-state index in [1.54, 1.807) is 0 Å². The van der Waals surface area contributed by atoms with Crippen LogP contribution in [0, 0.1) is 6.92 Å². The Bertz CT molecular complexity index is 808. The molecule has 1 N–H and O–H groups in total. The van der Waals surface area contributed by atoms with Crippen LogP contribution in [0.3, 0.4) is 0 Å². The van der Waals surface area contributed by atoms with E-state index in [0.29, 0.717) is 19.0 Å². The molecule has 2 aliphatic rings. The Morgan fingerprint density at radius 2 is 2.08 bits per heavy atom. The lowest BCUT2D eigenvalue weighted by molar-refractivity contribution is 0.194. The summed E-state index contributed by atoms with van der Waals surface area (Å²) in [6.45, 7) is 3.97. The molecule has 0 saturated heterocycles. The second-order valence-electron chi connectivity index (χ2n) is 7.13. The first-order valence-electron chi connectivity index (χ1n) is 8.79. The summed E-state index contributed by atoms with van der Waals surface area (Å²) in [4.78, 5) is 21.0. The van der Waals surface area contributed by atoms with Crippen LogP contribution < -0.4 is 10.2 Å². The van der Waals surface area contributed by atoms with E-state index >= 15 is 0 Å². The third-order valence-electron chi connectivity index (χ3n) is 4.78. The van der Waals surface area contributed by atoms with E-state index in [4.69, 9.17) is 0 Å². The molecule has 132 valence electrons. The van der Waals surface area contributed by atoms with Crippen molar-refractivity contribution in [2.75, 3.05) is 30.9 Å². The number of hydrogen-bond donors (Lipinski definition) is 1. The highest BCUT2D eigenvalue weighted by Crippen LogP contribution is 2.39. The van der Waals surface area contributed by atoms with Gasteiger partial charge in [-0.15, -0.1) is 0 Å². The number of amides is 2. The number of anilines is 2. The maximum absolute atomic E-state index is 12.7. The van der Waals surface area contributed by atoms with Crippen molar-refractivity contribution < 1.29 is 4.79 Å². The summed E-state index contributed by atoms with van der Waals surface area (Å²) in [7, 11) is 3.85. The minimum Gasteiger partial charge on any atom is -0.361 e. The molecule has 2 aromatic rings. The van der Waals surface area contributed by atoms with Crippen LogP contribution >= 0.6 is 0 Å². The number of aromatic nitrogens is 3. The predicted octanol–water partition coefficient (Wildman–Crippen LogP) is 2.58. The van der Waals surface area contributed by atoms with Crippen molar-refractivity contribution in [3.63, 3.8) is 0 Å². The van der Waals surface area contributed by atoms with Gasteiger partial charge in [-0.1, -0.05) is 0 Å². The highest BCUT2D eigenvalue weighted by molar-refractivity contribution is 5.92. The number of fused-ring (bicyclic) bond motifs is 1. The van der Waals surface area contributed by atoms with E-state index in [-0.39, 0.29) is 6.03 Å². The van der Waals surface area contributed by atoms with Gasteiger partial charge in [0.1, 0.15) is 0 Å². The summed E-state index contributed by atoms with van der Waals surface area (Å²) in [5.74, 6) is 1.41. The van der Waals surface area contributed by atoms with Gasteiger partial charge >= 0.3 is 6.03 Å². The van der Waals surface area contributed by atoms with Crippen LogP contribution in [0.25, 0.3) is 0 Å². The molecule has 25 heavy (non-hydrogen) atoms. The lowest BCUT2D eigenvalue weighted by Gasteiger charge is -2.28. The zero-order valence-electron chi connectivity index (χ0n) is 15.0. The molecular formula is C18H24N6O. The van der Waals surface area contributed by atoms with Crippen LogP contribution in [0.4, 0.5) is 16.3 Å². The molecule has 3 heterocycles. The summed E-state index contributed by atoms with van der Waals surface area (Å²) < 4.78 is 2.05. The first-order chi connectivity index (χ1) is 12.0. The van der Waals surface area contributed by atoms with Crippen LogP contribution in [0.5, 0.6) is 0 Å². The Kier molecular flexibility index (Phi) is 3.86. The second-order valence-corrected chi connectivity index (χ2v) is 7.13. The van der Waals surface area contributed by atoms with Crippen LogP contribution in [-0.4, -0.2) is 46.3 Å². The first-order valence-corrected chi connectivity index (χ1v) is 8.79. The van der Waals surface area contributed by atoms with Gasteiger partial charge in [0, 0.05) is 32.3 Å². The van der Waals surface area contributed by atoms with Gasteiger partial charge in [0.05, 0.1) is 30.2 Å². The SMILES string of the molecule is Cc1ccc(NC(=O)N2CCn3nc(C4CC4)cc3C2)c(N(C)C)n1. The molecule has 7 nitrogen and oxygen atoms in total. The van der Waals surface area contributed by atoms with Crippen molar-refractivity contribution in [2.24, 2.45) is 0 Å². The maximum Gasteiger partial charge on any atom is 0.322 e. The quantitative estimate of drug-likeness (QED) is 0.933. The van der Waals surface area contributed by atoms with Gasteiger partial charge in [-0.2, -0.15) is 5.10 Å². The fourth-order valence-corrected chi connectivity index (χ4v) is 3.22. The van der Waals surface area contributed by atoms with Gasteiger partial charge in [0.25, 0.3) is 0 Å². The van der Waals surface area contributed by atoms with Crippen LogP contribution in [0.2, 0.25) is 0 Å². The van der Waals surface area contributed by atoms with Gasteiger partial charge in [0.15, 0.2) is 5.82 Å². The van der Waals surface area contributed by atoms with Gasteiger partial charge in [-0.25, -0.2) is 9.78 Å². The smallest absolute Gasteiger partial charge is 0.322 e. The molecule has 2 amide bonds. The summed E-state index contributed by atoms with van der Waals surface area (Å²) in [5, 5.41) is 7.69. The Labute approximate surface area is 147 Å². The average Bonchev–Trinajstić information content (AvgIpc) is 3.35. The summed E-state index contributed by atoms with van der Waals surface area (Å²) in [6, 6.07) is 5.90. The number of nitrogens with zero attached hydrogens (tertiary/aromatic N) is 5. The number of carbonyl (C=O) groups excluding carboxylic acids is 1. The third kappa shape index (κ3) is 3.18. The Morgan fingerprint density at radius 1 is 1.28 bits per heavy atom. The van der Waals surface area contributed by atoms with Crippen molar-refractivity contribution in [1.29, 1.82) is 0 Å². The number of aryl methyl sites for hydroxylation is 1. The van der Waals surface area contributed by atoms with Crippen molar-refractivity contribution in [2.45, 2.75) is 38.8 Å². The molecule has 0 radical (unpaired) electrons. The minimum atomic E-state index is -0.0887. The van der Waals surface area contributed by atoms with Gasteiger partial charge in [-0.3, -0.25) is 4.68 Å². The Balaban J connectivity index is 1.48. The van der Waals surface area contributed by atoms with E-state index < -0.39 is 0 Å². The summed E-state index contributed by atoms with van der Waals surface area (Å²) >= 11 is 0.